The summed E-state index contributed by atoms with van der Waals surface area (Å²) in [6.45, 7) is 2.44. The lowest BCUT2D eigenvalue weighted by Gasteiger charge is -2.15. The smallest absolute Gasteiger partial charge is 0.328 e. The third-order valence-electron chi connectivity index (χ3n) is 3.32. The number of anilines is 1. The number of hydrogen-bond acceptors (Lipinski definition) is 3. The molecule has 5 nitrogen and oxygen atoms in total. The van der Waals surface area contributed by atoms with Crippen molar-refractivity contribution in [3.8, 4) is 0 Å². The maximum absolute atomic E-state index is 13.9. The Labute approximate surface area is 121 Å². The van der Waals surface area contributed by atoms with Gasteiger partial charge in [0, 0.05) is 12.7 Å². The molecule has 21 heavy (non-hydrogen) atoms. The fourth-order valence-corrected chi connectivity index (χ4v) is 2.14. The molecule has 1 heterocycles. The molecule has 2 atom stereocenters. The van der Waals surface area contributed by atoms with E-state index in [4.69, 9.17) is 9.84 Å². The Morgan fingerprint density at radius 1 is 1.48 bits per heavy atom. The van der Waals surface area contributed by atoms with Gasteiger partial charge in [-0.05, 0) is 36.1 Å². The Kier molecular flexibility index (Phi) is 4.70. The molecule has 2 rings (SSSR count). The maximum atomic E-state index is 13.9. The van der Waals surface area contributed by atoms with Crippen molar-refractivity contribution in [1.82, 2.24) is 0 Å². The maximum Gasteiger partial charge on any atom is 0.328 e. The van der Waals surface area contributed by atoms with Crippen LogP contribution in [0.25, 0.3) is 6.08 Å². The second kappa shape index (κ2) is 6.49. The van der Waals surface area contributed by atoms with E-state index < -0.39 is 17.9 Å². The minimum absolute atomic E-state index is 0.0511. The summed E-state index contributed by atoms with van der Waals surface area (Å²) in [6, 6.07) is 4.08. The van der Waals surface area contributed by atoms with Crippen LogP contribution in [0.15, 0.2) is 24.3 Å². The van der Waals surface area contributed by atoms with E-state index in [0.29, 0.717) is 12.2 Å². The molecule has 0 saturated carbocycles. The van der Waals surface area contributed by atoms with E-state index in [9.17, 15) is 14.0 Å². The molecule has 1 saturated heterocycles. The highest BCUT2D eigenvalue weighted by atomic mass is 19.1. The van der Waals surface area contributed by atoms with E-state index in [-0.39, 0.29) is 17.5 Å². The monoisotopic (exact) mass is 293 g/mol. The fourth-order valence-electron chi connectivity index (χ4n) is 2.14. The van der Waals surface area contributed by atoms with E-state index in [1.165, 1.54) is 18.2 Å². The third kappa shape index (κ3) is 3.88. The molecule has 0 aliphatic carbocycles. The lowest BCUT2D eigenvalue weighted by Crippen LogP contribution is -2.31. The van der Waals surface area contributed by atoms with Crippen LogP contribution in [0.5, 0.6) is 0 Å². The first-order valence-corrected chi connectivity index (χ1v) is 6.60. The zero-order valence-corrected chi connectivity index (χ0v) is 11.5. The zero-order valence-electron chi connectivity index (χ0n) is 11.5. The van der Waals surface area contributed by atoms with Gasteiger partial charge in [0.1, 0.15) is 11.9 Å². The van der Waals surface area contributed by atoms with Crippen LogP contribution in [0.2, 0.25) is 0 Å². The van der Waals surface area contributed by atoms with Gasteiger partial charge in [-0.25, -0.2) is 9.18 Å². The van der Waals surface area contributed by atoms with Crippen molar-refractivity contribution in [2.45, 2.75) is 19.4 Å². The van der Waals surface area contributed by atoms with Gasteiger partial charge < -0.3 is 15.2 Å². The molecule has 2 N–H and O–H groups in total. The van der Waals surface area contributed by atoms with E-state index in [2.05, 4.69) is 5.32 Å². The molecule has 2 unspecified atom stereocenters. The molecule has 0 spiro atoms. The van der Waals surface area contributed by atoms with Gasteiger partial charge >= 0.3 is 5.97 Å². The SMILES string of the molecule is CC1CCOC1C(=O)Nc1ccc(/C=C/C(=O)O)cc1F. The van der Waals surface area contributed by atoms with Crippen LogP contribution >= 0.6 is 0 Å². The van der Waals surface area contributed by atoms with Crippen LogP contribution in [-0.2, 0) is 14.3 Å². The van der Waals surface area contributed by atoms with Gasteiger partial charge in [-0.15, -0.1) is 0 Å². The molecule has 0 radical (unpaired) electrons. The Morgan fingerprint density at radius 3 is 2.81 bits per heavy atom. The van der Waals surface area contributed by atoms with Crippen LogP contribution < -0.4 is 5.32 Å². The lowest BCUT2D eigenvalue weighted by molar-refractivity contribution is -0.131. The van der Waals surface area contributed by atoms with Crippen molar-refractivity contribution in [1.29, 1.82) is 0 Å². The first kappa shape index (κ1) is 15.2. The lowest BCUT2D eigenvalue weighted by atomic mass is 10.0. The third-order valence-corrected chi connectivity index (χ3v) is 3.32. The number of carbonyl (C=O) groups is 2. The number of ether oxygens (including phenoxy) is 1. The van der Waals surface area contributed by atoms with E-state index in [1.807, 2.05) is 6.92 Å². The predicted molar refractivity (Wildman–Crippen MR) is 75.2 cm³/mol. The molecule has 6 heteroatoms. The summed E-state index contributed by atoms with van der Waals surface area (Å²) in [5, 5.41) is 11.0. The molecule has 1 fully saturated rings. The first-order valence-electron chi connectivity index (χ1n) is 6.60. The fraction of sp³-hybridized carbons (Fsp3) is 0.333. The molecular weight excluding hydrogens is 277 g/mol. The normalized spacial score (nSPS) is 21.6. The zero-order chi connectivity index (χ0) is 15.4. The van der Waals surface area contributed by atoms with E-state index in [1.54, 1.807) is 0 Å². The molecule has 1 amide bonds. The van der Waals surface area contributed by atoms with Gasteiger partial charge in [0.2, 0.25) is 0 Å². The van der Waals surface area contributed by atoms with Gasteiger partial charge in [0.15, 0.2) is 0 Å². The second-order valence-electron chi connectivity index (χ2n) is 4.96. The van der Waals surface area contributed by atoms with Crippen molar-refractivity contribution in [2.75, 3.05) is 11.9 Å². The standard InChI is InChI=1S/C15H16FNO4/c1-9-6-7-21-14(9)15(20)17-12-4-2-10(8-11(12)16)3-5-13(18)19/h2-5,8-9,14H,6-7H2,1H3,(H,17,20)(H,18,19)/b5-3+. The number of halogens is 1. The number of carboxylic acid groups (broad SMARTS) is 1. The highest BCUT2D eigenvalue weighted by molar-refractivity contribution is 5.94. The van der Waals surface area contributed by atoms with Gasteiger partial charge in [-0.1, -0.05) is 13.0 Å². The number of carbonyl (C=O) groups excluding carboxylic acids is 1. The van der Waals surface area contributed by atoms with Gasteiger partial charge in [0.05, 0.1) is 5.69 Å². The van der Waals surface area contributed by atoms with Crippen LogP contribution in [-0.4, -0.2) is 29.7 Å². The summed E-state index contributed by atoms with van der Waals surface area (Å²) in [5.41, 5.74) is 0.452. The Balaban J connectivity index is 2.07. The van der Waals surface area contributed by atoms with Gasteiger partial charge in [-0.2, -0.15) is 0 Å². The van der Waals surface area contributed by atoms with Crippen LogP contribution in [0.3, 0.4) is 0 Å². The number of carboxylic acids is 1. The molecule has 1 aliphatic heterocycles. The summed E-state index contributed by atoms with van der Waals surface area (Å²) in [5.74, 6) is -2.00. The summed E-state index contributed by atoms with van der Waals surface area (Å²) in [7, 11) is 0. The molecule has 1 aromatic rings. The average Bonchev–Trinajstić information content (AvgIpc) is 2.85. The average molecular weight is 293 g/mol. The molecule has 112 valence electrons. The van der Waals surface area contributed by atoms with Crippen molar-refractivity contribution in [3.63, 3.8) is 0 Å². The Hall–Kier alpha value is -2.21. The minimum atomic E-state index is -1.11. The van der Waals surface area contributed by atoms with Crippen molar-refractivity contribution < 1.29 is 23.8 Å². The number of nitrogens with one attached hydrogen (secondary N) is 1. The number of benzene rings is 1. The van der Waals surface area contributed by atoms with Gasteiger partial charge in [0.25, 0.3) is 5.91 Å². The minimum Gasteiger partial charge on any atom is -0.478 e. The Bertz CT molecular complexity index is 585. The van der Waals surface area contributed by atoms with Crippen LogP contribution in [0.4, 0.5) is 10.1 Å². The molecule has 1 aliphatic rings. The largest absolute Gasteiger partial charge is 0.478 e. The number of rotatable bonds is 4. The quantitative estimate of drug-likeness (QED) is 0.835. The summed E-state index contributed by atoms with van der Waals surface area (Å²) in [4.78, 5) is 22.4. The molecule has 0 aromatic heterocycles. The second-order valence-corrected chi connectivity index (χ2v) is 4.96. The topological polar surface area (TPSA) is 75.6 Å². The van der Waals surface area contributed by atoms with Gasteiger partial charge in [-0.3, -0.25) is 4.79 Å². The van der Waals surface area contributed by atoms with Crippen LogP contribution in [0.1, 0.15) is 18.9 Å². The van der Waals surface area contributed by atoms with Crippen molar-refractivity contribution in [2.24, 2.45) is 5.92 Å². The van der Waals surface area contributed by atoms with E-state index >= 15 is 0 Å². The van der Waals surface area contributed by atoms with Crippen molar-refractivity contribution >= 4 is 23.6 Å². The molecule has 1 aromatic carbocycles. The highest BCUT2D eigenvalue weighted by Crippen LogP contribution is 2.23. The van der Waals surface area contributed by atoms with Crippen molar-refractivity contribution in [3.05, 3.63) is 35.7 Å². The number of amides is 1. The summed E-state index contributed by atoms with van der Waals surface area (Å²) >= 11 is 0. The molecular formula is C15H16FNO4. The number of aliphatic carboxylic acids is 1. The first-order chi connectivity index (χ1) is 9.97. The summed E-state index contributed by atoms with van der Waals surface area (Å²) in [6.07, 6.45) is 2.44. The van der Waals surface area contributed by atoms with Crippen LogP contribution in [0, 0.1) is 11.7 Å². The number of hydrogen-bond donors (Lipinski definition) is 2. The Morgan fingerprint density at radius 2 is 2.24 bits per heavy atom. The predicted octanol–water partition coefficient (Wildman–Crippen LogP) is 2.29. The highest BCUT2D eigenvalue weighted by Gasteiger charge is 2.31. The summed E-state index contributed by atoms with van der Waals surface area (Å²) < 4.78 is 19.2. The van der Waals surface area contributed by atoms with E-state index in [0.717, 1.165) is 18.6 Å². The molecule has 0 bridgehead atoms.